The van der Waals surface area contributed by atoms with Crippen LogP contribution >= 0.6 is 11.3 Å². The molecule has 1 unspecified atom stereocenters. The van der Waals surface area contributed by atoms with Crippen molar-refractivity contribution in [3.8, 4) is 11.5 Å². The second kappa shape index (κ2) is 8.45. The van der Waals surface area contributed by atoms with Gasteiger partial charge in [-0.2, -0.15) is 0 Å². The van der Waals surface area contributed by atoms with Gasteiger partial charge >= 0.3 is 0 Å². The summed E-state index contributed by atoms with van der Waals surface area (Å²) in [5.41, 5.74) is 1.22. The van der Waals surface area contributed by atoms with E-state index in [1.807, 2.05) is 30.3 Å². The van der Waals surface area contributed by atoms with Gasteiger partial charge in [0.1, 0.15) is 0 Å². The Bertz CT molecular complexity index is 1190. The van der Waals surface area contributed by atoms with Gasteiger partial charge in [0.2, 0.25) is 0 Å². The van der Waals surface area contributed by atoms with Crippen LogP contribution in [0.3, 0.4) is 0 Å². The van der Waals surface area contributed by atoms with Crippen LogP contribution in [0.15, 0.2) is 77.5 Å². The molecular weight excluding hydrogens is 416 g/mol. The van der Waals surface area contributed by atoms with E-state index in [0.717, 1.165) is 5.56 Å². The summed E-state index contributed by atoms with van der Waals surface area (Å²) < 4.78 is 5.18. The highest BCUT2D eigenvalue weighted by Crippen LogP contribution is 2.43. The smallest absolute Gasteiger partial charge is 0.296 e. The van der Waals surface area contributed by atoms with Crippen LogP contribution < -0.4 is 9.64 Å². The maximum atomic E-state index is 13.1. The first-order valence-corrected chi connectivity index (χ1v) is 10.2. The van der Waals surface area contributed by atoms with Gasteiger partial charge in [0.25, 0.3) is 5.91 Å². The number of ketones is 1. The van der Waals surface area contributed by atoms with Crippen molar-refractivity contribution in [3.05, 3.63) is 88.6 Å². The Morgan fingerprint density at radius 2 is 1.97 bits per heavy atom. The van der Waals surface area contributed by atoms with E-state index in [4.69, 9.17) is 4.74 Å². The first kappa shape index (κ1) is 20.4. The van der Waals surface area contributed by atoms with E-state index in [1.165, 1.54) is 47.8 Å². The number of phenols is 1. The predicted molar refractivity (Wildman–Crippen MR) is 117 cm³/mol. The Balaban J connectivity index is 1.80. The zero-order valence-corrected chi connectivity index (χ0v) is 17.2. The number of aliphatic hydroxyl groups excluding tert-OH is 1. The molecule has 4 rings (SSSR count). The number of carbonyl (C=O) groups is 2. The van der Waals surface area contributed by atoms with E-state index in [-0.39, 0.29) is 17.1 Å². The molecular formula is C23H18N2O5S. The van der Waals surface area contributed by atoms with Crippen molar-refractivity contribution in [1.29, 1.82) is 0 Å². The van der Waals surface area contributed by atoms with Gasteiger partial charge in [-0.05, 0) is 29.3 Å². The molecule has 8 heteroatoms. The Hall–Kier alpha value is -3.91. The predicted octanol–water partition coefficient (Wildman–Crippen LogP) is 4.04. The van der Waals surface area contributed by atoms with Crippen molar-refractivity contribution < 1.29 is 24.5 Å². The molecule has 0 aliphatic carbocycles. The van der Waals surface area contributed by atoms with Gasteiger partial charge in [-0.15, -0.1) is 11.3 Å². The summed E-state index contributed by atoms with van der Waals surface area (Å²) in [5.74, 6) is -1.76. The lowest BCUT2D eigenvalue weighted by molar-refractivity contribution is -0.117. The van der Waals surface area contributed by atoms with E-state index < -0.39 is 23.5 Å². The lowest BCUT2D eigenvalue weighted by Crippen LogP contribution is -2.30. The average Bonchev–Trinajstić information content (AvgIpc) is 3.40. The quantitative estimate of drug-likeness (QED) is 0.568. The van der Waals surface area contributed by atoms with Crippen LogP contribution in [-0.4, -0.2) is 34.0 Å². The Labute approximate surface area is 182 Å². The SMILES string of the molecule is COc1cc(C2C(C(=O)C=Cc3ccccc3)=C(O)C(=O)N2c2nccs2)ccc1O. The van der Waals surface area contributed by atoms with Gasteiger partial charge in [-0.1, -0.05) is 42.5 Å². The Morgan fingerprint density at radius 3 is 2.65 bits per heavy atom. The lowest BCUT2D eigenvalue weighted by atomic mass is 9.95. The van der Waals surface area contributed by atoms with Crippen LogP contribution in [-0.2, 0) is 9.59 Å². The molecule has 0 spiro atoms. The monoisotopic (exact) mass is 434 g/mol. The van der Waals surface area contributed by atoms with Crippen molar-refractivity contribution in [1.82, 2.24) is 4.98 Å². The molecule has 1 atom stereocenters. The summed E-state index contributed by atoms with van der Waals surface area (Å²) in [6.45, 7) is 0. The molecule has 0 bridgehead atoms. The van der Waals surface area contributed by atoms with Crippen molar-refractivity contribution >= 4 is 34.2 Å². The Morgan fingerprint density at radius 1 is 1.19 bits per heavy atom. The van der Waals surface area contributed by atoms with Gasteiger partial charge in [-0.3, -0.25) is 14.5 Å². The number of phenolic OH excluding ortho intramolecular Hbond substituents is 1. The van der Waals surface area contributed by atoms with Crippen LogP contribution in [0.4, 0.5) is 5.13 Å². The number of ether oxygens (including phenoxy) is 1. The molecule has 0 radical (unpaired) electrons. The normalized spacial score (nSPS) is 16.4. The fraction of sp³-hybridized carbons (Fsp3) is 0.0870. The number of aromatic hydroxyl groups is 1. The number of thiazole rings is 1. The molecule has 31 heavy (non-hydrogen) atoms. The molecule has 1 aromatic heterocycles. The van der Waals surface area contributed by atoms with Crippen molar-refractivity contribution in [2.75, 3.05) is 12.0 Å². The zero-order valence-electron chi connectivity index (χ0n) is 16.4. The second-order valence-electron chi connectivity index (χ2n) is 6.69. The third-order valence-corrected chi connectivity index (χ3v) is 5.62. The van der Waals surface area contributed by atoms with Crippen LogP contribution in [0.5, 0.6) is 11.5 Å². The van der Waals surface area contributed by atoms with Crippen molar-refractivity contribution in [2.45, 2.75) is 6.04 Å². The largest absolute Gasteiger partial charge is 0.504 e. The van der Waals surface area contributed by atoms with Gasteiger partial charge < -0.3 is 14.9 Å². The number of hydrogen-bond acceptors (Lipinski definition) is 7. The molecule has 3 aromatic rings. The minimum atomic E-state index is -0.930. The molecule has 1 amide bonds. The zero-order chi connectivity index (χ0) is 22.0. The first-order valence-electron chi connectivity index (χ1n) is 9.31. The van der Waals surface area contributed by atoms with Crippen LogP contribution in [0, 0.1) is 0 Å². The Kier molecular flexibility index (Phi) is 5.55. The molecule has 2 heterocycles. The number of anilines is 1. The van der Waals surface area contributed by atoms with E-state index in [9.17, 15) is 19.8 Å². The number of aromatic nitrogens is 1. The summed E-state index contributed by atoms with van der Waals surface area (Å²) >= 11 is 1.21. The highest BCUT2D eigenvalue weighted by atomic mass is 32.1. The fourth-order valence-electron chi connectivity index (χ4n) is 3.39. The summed E-state index contributed by atoms with van der Waals surface area (Å²) in [6, 6.07) is 12.8. The summed E-state index contributed by atoms with van der Waals surface area (Å²) in [7, 11) is 1.40. The summed E-state index contributed by atoms with van der Waals surface area (Å²) in [4.78, 5) is 31.5. The summed E-state index contributed by atoms with van der Waals surface area (Å²) in [5, 5.41) is 22.6. The minimum Gasteiger partial charge on any atom is -0.504 e. The number of rotatable bonds is 6. The number of amides is 1. The van der Waals surface area contributed by atoms with Crippen LogP contribution in [0.1, 0.15) is 17.2 Å². The number of aliphatic hydroxyl groups is 1. The standard InChI is InChI=1S/C23H18N2O5S/c1-30-18-13-15(8-10-16(18)26)20-19(17(27)9-7-14-5-3-2-4-6-14)21(28)22(29)25(20)23-24-11-12-31-23/h2-13,20,26,28H,1H3. The number of methoxy groups -OCH3 is 1. The molecule has 1 aliphatic rings. The molecule has 2 N–H and O–H groups in total. The third kappa shape index (κ3) is 3.80. The lowest BCUT2D eigenvalue weighted by Gasteiger charge is -2.24. The molecule has 1 aliphatic heterocycles. The number of allylic oxidation sites excluding steroid dienone is 1. The molecule has 0 saturated heterocycles. The van der Waals surface area contributed by atoms with Crippen molar-refractivity contribution in [3.63, 3.8) is 0 Å². The molecule has 0 fully saturated rings. The van der Waals surface area contributed by atoms with Gasteiger partial charge in [0.05, 0.1) is 18.7 Å². The minimum absolute atomic E-state index is 0.0693. The van der Waals surface area contributed by atoms with Gasteiger partial charge in [0, 0.05) is 11.6 Å². The summed E-state index contributed by atoms with van der Waals surface area (Å²) in [6.07, 6.45) is 4.48. The van der Waals surface area contributed by atoms with E-state index in [1.54, 1.807) is 17.5 Å². The highest BCUT2D eigenvalue weighted by molar-refractivity contribution is 7.13. The second-order valence-corrected chi connectivity index (χ2v) is 7.57. The first-order chi connectivity index (χ1) is 15.0. The number of nitrogens with zero attached hydrogens (tertiary/aromatic N) is 2. The number of carbonyl (C=O) groups excluding carboxylic acids is 2. The molecule has 7 nitrogen and oxygen atoms in total. The number of benzene rings is 2. The number of hydrogen-bond donors (Lipinski definition) is 2. The fourth-order valence-corrected chi connectivity index (χ4v) is 4.06. The molecule has 2 aromatic carbocycles. The maximum absolute atomic E-state index is 13.1. The maximum Gasteiger partial charge on any atom is 0.296 e. The van der Waals surface area contributed by atoms with E-state index in [0.29, 0.717) is 10.7 Å². The van der Waals surface area contributed by atoms with Crippen molar-refractivity contribution in [2.24, 2.45) is 0 Å². The van der Waals surface area contributed by atoms with Crippen LogP contribution in [0.25, 0.3) is 6.08 Å². The van der Waals surface area contributed by atoms with Gasteiger partial charge in [-0.25, -0.2) is 4.98 Å². The van der Waals surface area contributed by atoms with Crippen LogP contribution in [0.2, 0.25) is 0 Å². The molecule has 0 saturated carbocycles. The third-order valence-electron chi connectivity index (χ3n) is 4.85. The topological polar surface area (TPSA) is 100.0 Å². The van der Waals surface area contributed by atoms with Gasteiger partial charge in [0.15, 0.2) is 28.2 Å². The molecule has 156 valence electrons. The average molecular weight is 434 g/mol. The highest BCUT2D eigenvalue weighted by Gasteiger charge is 2.45. The van der Waals surface area contributed by atoms with E-state index in [2.05, 4.69) is 4.98 Å². The van der Waals surface area contributed by atoms with E-state index >= 15 is 0 Å².